The van der Waals surface area contributed by atoms with Gasteiger partial charge in [-0.05, 0) is 19.3 Å². The predicted molar refractivity (Wildman–Crippen MR) is 57.4 cm³/mol. The molecule has 1 saturated carbocycles. The second kappa shape index (κ2) is 4.02. The topological polar surface area (TPSA) is 72.9 Å². The zero-order valence-corrected chi connectivity index (χ0v) is 8.81. The van der Waals surface area contributed by atoms with Gasteiger partial charge in [0.15, 0.2) is 0 Å². The van der Waals surface area contributed by atoms with Crippen LogP contribution in [0.5, 0.6) is 0 Å². The van der Waals surface area contributed by atoms with E-state index in [9.17, 15) is 4.79 Å². The third-order valence-electron chi connectivity index (χ3n) is 2.74. The number of rotatable bonds is 2. The molecule has 3 N–H and O–H groups in total. The molecule has 0 bridgehead atoms. The number of hydrogen-bond donors (Lipinski definition) is 2. The van der Waals surface area contributed by atoms with Gasteiger partial charge in [0.1, 0.15) is 0 Å². The molecule has 1 aromatic rings. The summed E-state index contributed by atoms with van der Waals surface area (Å²) >= 11 is 0. The van der Waals surface area contributed by atoms with Crippen molar-refractivity contribution >= 4 is 11.6 Å². The van der Waals surface area contributed by atoms with E-state index in [1.165, 1.54) is 6.92 Å². The quantitative estimate of drug-likeness (QED) is 0.758. The third kappa shape index (κ3) is 2.36. The van der Waals surface area contributed by atoms with Gasteiger partial charge in [-0.25, -0.2) is 0 Å². The van der Waals surface area contributed by atoms with Gasteiger partial charge in [-0.3, -0.25) is 9.48 Å². The van der Waals surface area contributed by atoms with Gasteiger partial charge in [0, 0.05) is 19.2 Å². The Hall–Kier alpha value is -1.36. The van der Waals surface area contributed by atoms with E-state index in [2.05, 4.69) is 10.4 Å². The van der Waals surface area contributed by atoms with E-state index in [0.29, 0.717) is 12.1 Å². The van der Waals surface area contributed by atoms with Crippen LogP contribution >= 0.6 is 0 Å². The summed E-state index contributed by atoms with van der Waals surface area (Å²) in [6, 6.07) is 0.686. The SMILES string of the molecule is CC(=O)Nc1cnn(C2CCC(N)C2)c1. The van der Waals surface area contributed by atoms with E-state index in [0.717, 1.165) is 24.9 Å². The van der Waals surface area contributed by atoms with Crippen molar-refractivity contribution in [2.24, 2.45) is 5.73 Å². The summed E-state index contributed by atoms with van der Waals surface area (Å²) in [5.41, 5.74) is 6.59. The number of nitrogens with two attached hydrogens (primary N) is 1. The van der Waals surface area contributed by atoms with Crippen LogP contribution in [0.25, 0.3) is 0 Å². The molecule has 2 rings (SSSR count). The van der Waals surface area contributed by atoms with Gasteiger partial charge in [-0.2, -0.15) is 5.10 Å². The average Bonchev–Trinajstić information content (AvgIpc) is 2.72. The van der Waals surface area contributed by atoms with Crippen molar-refractivity contribution in [2.75, 3.05) is 5.32 Å². The lowest BCUT2D eigenvalue weighted by Crippen LogP contribution is -2.16. The van der Waals surface area contributed by atoms with Crippen LogP contribution in [-0.4, -0.2) is 21.7 Å². The van der Waals surface area contributed by atoms with Crippen LogP contribution < -0.4 is 11.1 Å². The van der Waals surface area contributed by atoms with Crippen LogP contribution in [0.2, 0.25) is 0 Å². The average molecular weight is 208 g/mol. The maximum atomic E-state index is 10.8. The fourth-order valence-corrected chi connectivity index (χ4v) is 2.04. The maximum Gasteiger partial charge on any atom is 0.221 e. The fraction of sp³-hybridized carbons (Fsp3) is 0.600. The number of nitrogens with one attached hydrogen (secondary N) is 1. The molecular weight excluding hydrogens is 192 g/mol. The Morgan fingerprint density at radius 2 is 2.47 bits per heavy atom. The minimum atomic E-state index is -0.0716. The lowest BCUT2D eigenvalue weighted by Gasteiger charge is -2.09. The van der Waals surface area contributed by atoms with Gasteiger partial charge in [0.25, 0.3) is 0 Å². The second-order valence-corrected chi connectivity index (χ2v) is 4.12. The predicted octanol–water partition coefficient (Wildman–Crippen LogP) is 0.894. The highest BCUT2D eigenvalue weighted by atomic mass is 16.1. The molecule has 2 unspecified atom stereocenters. The summed E-state index contributed by atoms with van der Waals surface area (Å²) in [4.78, 5) is 10.8. The van der Waals surface area contributed by atoms with Gasteiger partial charge in [-0.15, -0.1) is 0 Å². The number of hydrogen-bond acceptors (Lipinski definition) is 3. The molecule has 1 aromatic heterocycles. The van der Waals surface area contributed by atoms with Crippen molar-refractivity contribution in [1.29, 1.82) is 0 Å². The Bertz CT molecular complexity index is 360. The van der Waals surface area contributed by atoms with E-state index in [-0.39, 0.29) is 5.91 Å². The normalized spacial score (nSPS) is 25.5. The number of nitrogens with zero attached hydrogens (tertiary/aromatic N) is 2. The smallest absolute Gasteiger partial charge is 0.221 e. The highest BCUT2D eigenvalue weighted by Gasteiger charge is 2.23. The number of amides is 1. The molecule has 15 heavy (non-hydrogen) atoms. The highest BCUT2D eigenvalue weighted by molar-refractivity contribution is 5.88. The van der Waals surface area contributed by atoms with Crippen molar-refractivity contribution < 1.29 is 4.79 Å². The number of carbonyl (C=O) groups is 1. The van der Waals surface area contributed by atoms with E-state index >= 15 is 0 Å². The zero-order valence-electron chi connectivity index (χ0n) is 8.81. The molecule has 0 aliphatic heterocycles. The largest absolute Gasteiger partial charge is 0.328 e. The zero-order chi connectivity index (χ0) is 10.8. The minimum Gasteiger partial charge on any atom is -0.328 e. The molecule has 0 radical (unpaired) electrons. The Labute approximate surface area is 88.6 Å². The molecule has 1 amide bonds. The van der Waals surface area contributed by atoms with Crippen molar-refractivity contribution in [2.45, 2.75) is 38.3 Å². The Morgan fingerprint density at radius 1 is 1.67 bits per heavy atom. The number of anilines is 1. The standard InChI is InChI=1S/C10H16N4O/c1-7(15)13-9-5-12-14(6-9)10-3-2-8(11)4-10/h5-6,8,10H,2-4,11H2,1H3,(H,13,15). The summed E-state index contributed by atoms with van der Waals surface area (Å²) in [6.07, 6.45) is 6.64. The van der Waals surface area contributed by atoms with Crippen LogP contribution in [0.1, 0.15) is 32.2 Å². The van der Waals surface area contributed by atoms with Crippen LogP contribution in [0.3, 0.4) is 0 Å². The summed E-state index contributed by atoms with van der Waals surface area (Å²) < 4.78 is 1.90. The molecule has 2 atom stereocenters. The van der Waals surface area contributed by atoms with Crippen LogP contribution in [0.4, 0.5) is 5.69 Å². The molecule has 1 fully saturated rings. The Balaban J connectivity index is 2.03. The first kappa shape index (κ1) is 10.2. The molecule has 0 aromatic carbocycles. The van der Waals surface area contributed by atoms with Crippen LogP contribution in [0, 0.1) is 0 Å². The monoisotopic (exact) mass is 208 g/mol. The van der Waals surface area contributed by atoms with E-state index in [4.69, 9.17) is 5.73 Å². The summed E-state index contributed by atoms with van der Waals surface area (Å²) in [5, 5.41) is 6.94. The lowest BCUT2D eigenvalue weighted by atomic mass is 10.2. The first-order valence-electron chi connectivity index (χ1n) is 5.22. The molecule has 0 spiro atoms. The van der Waals surface area contributed by atoms with Crippen molar-refractivity contribution in [3.05, 3.63) is 12.4 Å². The van der Waals surface area contributed by atoms with E-state index < -0.39 is 0 Å². The van der Waals surface area contributed by atoms with Crippen molar-refractivity contribution in [3.63, 3.8) is 0 Å². The van der Waals surface area contributed by atoms with Gasteiger partial charge in [-0.1, -0.05) is 0 Å². The Kier molecular flexibility index (Phi) is 2.73. The van der Waals surface area contributed by atoms with E-state index in [1.54, 1.807) is 6.20 Å². The third-order valence-corrected chi connectivity index (χ3v) is 2.74. The molecule has 1 aliphatic carbocycles. The number of aromatic nitrogens is 2. The molecule has 5 heteroatoms. The first-order chi connectivity index (χ1) is 7.15. The van der Waals surface area contributed by atoms with Gasteiger partial charge in [0.2, 0.25) is 5.91 Å². The van der Waals surface area contributed by atoms with Crippen LogP contribution in [-0.2, 0) is 4.79 Å². The molecule has 1 aliphatic rings. The van der Waals surface area contributed by atoms with Crippen LogP contribution in [0.15, 0.2) is 12.4 Å². The summed E-state index contributed by atoms with van der Waals surface area (Å²) in [6.45, 7) is 1.49. The summed E-state index contributed by atoms with van der Waals surface area (Å²) in [5.74, 6) is -0.0716. The molecular formula is C10H16N4O. The number of carbonyl (C=O) groups excluding carboxylic acids is 1. The molecule has 1 heterocycles. The minimum absolute atomic E-state index is 0.0716. The maximum absolute atomic E-state index is 10.8. The van der Waals surface area contributed by atoms with Gasteiger partial charge < -0.3 is 11.1 Å². The molecule has 5 nitrogen and oxygen atoms in total. The highest BCUT2D eigenvalue weighted by Crippen LogP contribution is 2.28. The van der Waals surface area contributed by atoms with Gasteiger partial charge >= 0.3 is 0 Å². The van der Waals surface area contributed by atoms with Crippen molar-refractivity contribution in [3.8, 4) is 0 Å². The summed E-state index contributed by atoms with van der Waals surface area (Å²) in [7, 11) is 0. The van der Waals surface area contributed by atoms with Gasteiger partial charge in [0.05, 0.1) is 17.9 Å². The second-order valence-electron chi connectivity index (χ2n) is 4.12. The van der Waals surface area contributed by atoms with E-state index in [1.807, 2.05) is 10.9 Å². The van der Waals surface area contributed by atoms with Crippen molar-refractivity contribution in [1.82, 2.24) is 9.78 Å². The molecule has 0 saturated heterocycles. The molecule has 82 valence electrons. The lowest BCUT2D eigenvalue weighted by molar-refractivity contribution is -0.114. The Morgan fingerprint density at radius 3 is 3.07 bits per heavy atom. The first-order valence-corrected chi connectivity index (χ1v) is 5.22. The fourth-order valence-electron chi connectivity index (χ4n) is 2.04.